The van der Waals surface area contributed by atoms with Crippen molar-refractivity contribution >= 4 is 17.8 Å². The SMILES string of the molecule is CC[C@H](C)NC(=O)COC(=O)CNC(=O)c1ccc(C)c(C)c1. The van der Waals surface area contributed by atoms with Crippen molar-refractivity contribution in [1.82, 2.24) is 10.6 Å². The lowest BCUT2D eigenvalue weighted by Crippen LogP contribution is -2.37. The number of nitrogens with one attached hydrogen (secondary N) is 2. The summed E-state index contributed by atoms with van der Waals surface area (Å²) in [5.74, 6) is -1.36. The van der Waals surface area contributed by atoms with Gasteiger partial charge in [0.1, 0.15) is 6.54 Å². The molecule has 6 nitrogen and oxygen atoms in total. The Bertz CT molecular complexity index is 584. The molecule has 2 N–H and O–H groups in total. The number of amides is 2. The van der Waals surface area contributed by atoms with E-state index in [1.54, 1.807) is 12.1 Å². The fourth-order valence-corrected chi connectivity index (χ4v) is 1.75. The lowest BCUT2D eigenvalue weighted by molar-refractivity contribution is -0.147. The van der Waals surface area contributed by atoms with E-state index >= 15 is 0 Å². The van der Waals surface area contributed by atoms with E-state index in [1.807, 2.05) is 33.8 Å². The van der Waals surface area contributed by atoms with Crippen LogP contribution >= 0.6 is 0 Å². The second-order valence-electron chi connectivity index (χ2n) is 5.52. The minimum absolute atomic E-state index is 0.0330. The maximum Gasteiger partial charge on any atom is 0.325 e. The van der Waals surface area contributed by atoms with Crippen LogP contribution in [-0.4, -0.2) is 37.0 Å². The van der Waals surface area contributed by atoms with Gasteiger partial charge in [-0.2, -0.15) is 0 Å². The number of rotatable bonds is 7. The number of hydrogen-bond donors (Lipinski definition) is 2. The van der Waals surface area contributed by atoms with Gasteiger partial charge in [0, 0.05) is 11.6 Å². The summed E-state index contributed by atoms with van der Waals surface area (Å²) in [5, 5.41) is 5.16. The average molecular weight is 320 g/mol. The summed E-state index contributed by atoms with van der Waals surface area (Å²) in [5.41, 5.74) is 2.57. The maximum atomic E-state index is 11.9. The Morgan fingerprint density at radius 3 is 2.48 bits per heavy atom. The molecule has 0 aliphatic rings. The van der Waals surface area contributed by atoms with Crippen molar-refractivity contribution in [3.05, 3.63) is 34.9 Å². The van der Waals surface area contributed by atoms with E-state index in [0.717, 1.165) is 17.5 Å². The molecular weight excluding hydrogens is 296 g/mol. The Hall–Kier alpha value is -2.37. The van der Waals surface area contributed by atoms with Gasteiger partial charge in [-0.05, 0) is 50.5 Å². The van der Waals surface area contributed by atoms with Gasteiger partial charge in [-0.1, -0.05) is 13.0 Å². The maximum absolute atomic E-state index is 11.9. The molecule has 0 aliphatic heterocycles. The van der Waals surface area contributed by atoms with Crippen LogP contribution in [0.25, 0.3) is 0 Å². The van der Waals surface area contributed by atoms with Gasteiger partial charge in [0.05, 0.1) is 0 Å². The number of carbonyl (C=O) groups is 3. The first-order chi connectivity index (χ1) is 10.8. The quantitative estimate of drug-likeness (QED) is 0.746. The summed E-state index contributed by atoms with van der Waals surface area (Å²) < 4.78 is 4.81. The van der Waals surface area contributed by atoms with E-state index in [9.17, 15) is 14.4 Å². The molecule has 0 spiro atoms. The Morgan fingerprint density at radius 1 is 1.17 bits per heavy atom. The summed E-state index contributed by atoms with van der Waals surface area (Å²) in [6.45, 7) is 7.06. The highest BCUT2D eigenvalue weighted by molar-refractivity contribution is 5.96. The predicted molar refractivity (Wildman–Crippen MR) is 87.1 cm³/mol. The molecule has 1 rings (SSSR count). The van der Waals surface area contributed by atoms with Crippen LogP contribution in [0.1, 0.15) is 41.8 Å². The molecule has 126 valence electrons. The highest BCUT2D eigenvalue weighted by Gasteiger charge is 2.12. The molecule has 0 unspecified atom stereocenters. The molecule has 6 heteroatoms. The molecule has 23 heavy (non-hydrogen) atoms. The van der Waals surface area contributed by atoms with Gasteiger partial charge in [0.15, 0.2) is 6.61 Å². The Balaban J connectivity index is 2.36. The third-order valence-electron chi connectivity index (χ3n) is 3.55. The molecule has 1 aromatic carbocycles. The van der Waals surface area contributed by atoms with Crippen molar-refractivity contribution in [3.63, 3.8) is 0 Å². The van der Waals surface area contributed by atoms with Crippen molar-refractivity contribution in [2.24, 2.45) is 0 Å². The number of benzene rings is 1. The summed E-state index contributed by atoms with van der Waals surface area (Å²) >= 11 is 0. The van der Waals surface area contributed by atoms with Crippen LogP contribution in [0.15, 0.2) is 18.2 Å². The number of esters is 1. The molecule has 1 atom stereocenters. The van der Waals surface area contributed by atoms with Gasteiger partial charge in [0.2, 0.25) is 0 Å². The third kappa shape index (κ3) is 6.50. The van der Waals surface area contributed by atoms with E-state index in [1.165, 1.54) is 0 Å². The fraction of sp³-hybridized carbons (Fsp3) is 0.471. The van der Waals surface area contributed by atoms with E-state index in [4.69, 9.17) is 4.74 Å². The third-order valence-corrected chi connectivity index (χ3v) is 3.55. The Morgan fingerprint density at radius 2 is 1.87 bits per heavy atom. The van der Waals surface area contributed by atoms with Gasteiger partial charge in [-0.25, -0.2) is 0 Å². The number of ether oxygens (including phenoxy) is 1. The average Bonchev–Trinajstić information content (AvgIpc) is 2.52. The second kappa shape index (κ2) is 8.92. The summed E-state index contributed by atoms with van der Waals surface area (Å²) in [6, 6.07) is 5.34. The lowest BCUT2D eigenvalue weighted by atomic mass is 10.1. The van der Waals surface area contributed by atoms with E-state index < -0.39 is 5.97 Å². The zero-order valence-electron chi connectivity index (χ0n) is 14.1. The van der Waals surface area contributed by atoms with Gasteiger partial charge < -0.3 is 15.4 Å². The van der Waals surface area contributed by atoms with E-state index in [2.05, 4.69) is 10.6 Å². The topological polar surface area (TPSA) is 84.5 Å². The smallest absolute Gasteiger partial charge is 0.325 e. The summed E-state index contributed by atoms with van der Waals surface area (Å²) in [7, 11) is 0. The fourth-order valence-electron chi connectivity index (χ4n) is 1.75. The van der Waals surface area contributed by atoms with Crippen molar-refractivity contribution in [3.8, 4) is 0 Å². The molecule has 0 saturated heterocycles. The molecule has 0 aromatic heterocycles. The first-order valence-corrected chi connectivity index (χ1v) is 7.64. The Labute approximate surface area is 136 Å². The van der Waals surface area contributed by atoms with Crippen LogP contribution in [0, 0.1) is 13.8 Å². The summed E-state index contributed by atoms with van der Waals surface area (Å²) in [4.78, 5) is 34.9. The Kier molecular flexibility index (Phi) is 7.25. The summed E-state index contributed by atoms with van der Waals surface area (Å²) in [6.07, 6.45) is 0.797. The van der Waals surface area contributed by atoms with Crippen molar-refractivity contribution in [1.29, 1.82) is 0 Å². The van der Waals surface area contributed by atoms with Crippen LogP contribution < -0.4 is 10.6 Å². The second-order valence-corrected chi connectivity index (χ2v) is 5.52. The zero-order chi connectivity index (χ0) is 17.4. The molecule has 1 aromatic rings. The van der Waals surface area contributed by atoms with Crippen molar-refractivity contribution in [2.45, 2.75) is 40.2 Å². The first kappa shape index (κ1) is 18.7. The zero-order valence-corrected chi connectivity index (χ0v) is 14.1. The van der Waals surface area contributed by atoms with E-state index in [-0.39, 0.29) is 31.0 Å². The largest absolute Gasteiger partial charge is 0.454 e. The number of aryl methyl sites for hydroxylation is 2. The molecular formula is C17H24N2O4. The highest BCUT2D eigenvalue weighted by atomic mass is 16.5. The van der Waals surface area contributed by atoms with Gasteiger partial charge in [0.25, 0.3) is 11.8 Å². The van der Waals surface area contributed by atoms with Crippen LogP contribution in [-0.2, 0) is 14.3 Å². The minimum atomic E-state index is -0.651. The van der Waals surface area contributed by atoms with Gasteiger partial charge in [-0.15, -0.1) is 0 Å². The van der Waals surface area contributed by atoms with Gasteiger partial charge in [-0.3, -0.25) is 14.4 Å². The molecule has 0 bridgehead atoms. The van der Waals surface area contributed by atoms with Crippen LogP contribution in [0.5, 0.6) is 0 Å². The normalized spacial score (nSPS) is 11.5. The molecule has 0 fully saturated rings. The monoisotopic (exact) mass is 320 g/mol. The highest BCUT2D eigenvalue weighted by Crippen LogP contribution is 2.09. The lowest BCUT2D eigenvalue weighted by Gasteiger charge is -2.11. The molecule has 0 saturated carbocycles. The van der Waals surface area contributed by atoms with Crippen LogP contribution in [0.4, 0.5) is 0 Å². The van der Waals surface area contributed by atoms with Gasteiger partial charge >= 0.3 is 5.97 Å². The molecule has 0 heterocycles. The number of carbonyl (C=O) groups excluding carboxylic acids is 3. The first-order valence-electron chi connectivity index (χ1n) is 7.64. The molecule has 0 aliphatic carbocycles. The van der Waals surface area contributed by atoms with E-state index in [0.29, 0.717) is 5.56 Å². The predicted octanol–water partition coefficient (Wildman–Crippen LogP) is 1.49. The number of hydrogen-bond acceptors (Lipinski definition) is 4. The molecule has 0 radical (unpaired) electrons. The van der Waals surface area contributed by atoms with Crippen LogP contribution in [0.2, 0.25) is 0 Å². The van der Waals surface area contributed by atoms with Crippen LogP contribution in [0.3, 0.4) is 0 Å². The van der Waals surface area contributed by atoms with Crippen molar-refractivity contribution < 1.29 is 19.1 Å². The molecule has 2 amide bonds. The van der Waals surface area contributed by atoms with Crippen molar-refractivity contribution in [2.75, 3.05) is 13.2 Å². The minimum Gasteiger partial charge on any atom is -0.454 e. The standard InChI is InChI=1S/C17H24N2O4/c1-5-13(4)19-15(20)10-23-16(21)9-18-17(22)14-7-6-11(2)12(3)8-14/h6-8,13H,5,9-10H2,1-4H3,(H,18,22)(H,19,20)/t13-/m0/s1.